The molecule has 0 spiro atoms. The van der Waals surface area contributed by atoms with Gasteiger partial charge in [0.1, 0.15) is 5.82 Å². The number of hydrogen-bond donors (Lipinski definition) is 1. The number of rotatable bonds is 6. The highest BCUT2D eigenvalue weighted by molar-refractivity contribution is 7.98. The smallest absolute Gasteiger partial charge is 0.191 e. The quantitative estimate of drug-likeness (QED) is 0.823. The molecular weight excluding hydrogens is 256 g/mol. The van der Waals surface area contributed by atoms with Crippen LogP contribution in [0.1, 0.15) is 23.9 Å². The van der Waals surface area contributed by atoms with Crippen molar-refractivity contribution in [3.63, 3.8) is 0 Å². The number of benzene rings is 1. The summed E-state index contributed by atoms with van der Waals surface area (Å²) in [6.07, 6.45) is 1.08. The van der Waals surface area contributed by atoms with Gasteiger partial charge in [0.25, 0.3) is 0 Å². The van der Waals surface area contributed by atoms with Crippen LogP contribution in [0, 0.1) is 6.92 Å². The van der Waals surface area contributed by atoms with Crippen molar-refractivity contribution in [3.8, 4) is 0 Å². The van der Waals surface area contributed by atoms with Gasteiger partial charge in [0, 0.05) is 18.8 Å². The Labute approximate surface area is 118 Å². The lowest BCUT2D eigenvalue weighted by Gasteiger charge is -2.06. The maximum Gasteiger partial charge on any atom is 0.191 e. The van der Waals surface area contributed by atoms with E-state index in [1.807, 2.05) is 6.92 Å². The minimum atomic E-state index is 0.609. The lowest BCUT2D eigenvalue weighted by Crippen LogP contribution is -2.12. The van der Waals surface area contributed by atoms with Crippen LogP contribution in [0.5, 0.6) is 0 Å². The molecule has 102 valence electrons. The van der Waals surface area contributed by atoms with Crippen molar-refractivity contribution in [1.82, 2.24) is 14.8 Å². The van der Waals surface area contributed by atoms with E-state index >= 15 is 0 Å². The van der Waals surface area contributed by atoms with Crippen LogP contribution in [-0.4, -0.2) is 21.3 Å². The van der Waals surface area contributed by atoms with Gasteiger partial charge >= 0.3 is 0 Å². The molecule has 1 aromatic carbocycles. The average Bonchev–Trinajstić information content (AvgIpc) is 2.79. The number of nitrogens with zero attached hydrogens (tertiary/aromatic N) is 3. The highest BCUT2D eigenvalue weighted by Crippen LogP contribution is 2.22. The Morgan fingerprint density at radius 3 is 2.47 bits per heavy atom. The Kier molecular flexibility index (Phi) is 4.99. The van der Waals surface area contributed by atoms with Crippen molar-refractivity contribution in [2.24, 2.45) is 5.73 Å². The number of aryl methyl sites for hydroxylation is 2. The van der Waals surface area contributed by atoms with E-state index in [0.29, 0.717) is 6.54 Å². The zero-order chi connectivity index (χ0) is 13.7. The highest BCUT2D eigenvalue weighted by atomic mass is 32.2. The monoisotopic (exact) mass is 276 g/mol. The molecular formula is C14H20N4S. The largest absolute Gasteiger partial charge is 0.329 e. The van der Waals surface area contributed by atoms with Crippen LogP contribution < -0.4 is 5.73 Å². The summed E-state index contributed by atoms with van der Waals surface area (Å²) in [4.78, 5) is 0. The van der Waals surface area contributed by atoms with Gasteiger partial charge in [-0.15, -0.1) is 10.2 Å². The molecule has 0 amide bonds. The van der Waals surface area contributed by atoms with Crippen molar-refractivity contribution >= 4 is 11.8 Å². The van der Waals surface area contributed by atoms with Gasteiger partial charge in [0.05, 0.1) is 0 Å². The van der Waals surface area contributed by atoms with E-state index in [9.17, 15) is 0 Å². The molecule has 2 N–H and O–H groups in total. The summed E-state index contributed by atoms with van der Waals surface area (Å²) < 4.78 is 2.07. The summed E-state index contributed by atoms with van der Waals surface area (Å²) in [6.45, 7) is 5.51. The van der Waals surface area contributed by atoms with Crippen LogP contribution in [0.25, 0.3) is 0 Å². The van der Waals surface area contributed by atoms with E-state index < -0.39 is 0 Å². The van der Waals surface area contributed by atoms with Crippen molar-refractivity contribution in [3.05, 3.63) is 41.2 Å². The lowest BCUT2D eigenvalue weighted by atomic mass is 10.1. The normalized spacial score (nSPS) is 10.9. The molecule has 0 unspecified atom stereocenters. The Bertz CT molecular complexity index is 519. The molecule has 0 aliphatic carbocycles. The third-order valence-electron chi connectivity index (χ3n) is 3.05. The van der Waals surface area contributed by atoms with Crippen molar-refractivity contribution < 1.29 is 0 Å². The molecule has 19 heavy (non-hydrogen) atoms. The molecule has 0 bridgehead atoms. The van der Waals surface area contributed by atoms with E-state index in [1.165, 1.54) is 11.1 Å². The molecule has 0 aliphatic heterocycles. The van der Waals surface area contributed by atoms with Crippen LogP contribution in [0.4, 0.5) is 0 Å². The maximum atomic E-state index is 5.61. The van der Waals surface area contributed by atoms with Crippen LogP contribution in [-0.2, 0) is 18.7 Å². The molecule has 0 saturated heterocycles. The third-order valence-corrected chi connectivity index (χ3v) is 4.09. The van der Waals surface area contributed by atoms with Crippen molar-refractivity contribution in [2.75, 3.05) is 6.54 Å². The highest BCUT2D eigenvalue weighted by Gasteiger charge is 2.08. The molecule has 1 heterocycles. The molecule has 0 radical (unpaired) electrons. The SMILES string of the molecule is CCc1ccc(CSc2nnc(C)n2CCN)cc1. The summed E-state index contributed by atoms with van der Waals surface area (Å²) in [5.74, 6) is 1.83. The number of hydrogen-bond acceptors (Lipinski definition) is 4. The topological polar surface area (TPSA) is 56.7 Å². The van der Waals surface area contributed by atoms with Gasteiger partial charge in [-0.05, 0) is 24.5 Å². The fraction of sp³-hybridized carbons (Fsp3) is 0.429. The lowest BCUT2D eigenvalue weighted by molar-refractivity contribution is 0.627. The summed E-state index contributed by atoms with van der Waals surface area (Å²) in [7, 11) is 0. The fourth-order valence-electron chi connectivity index (χ4n) is 1.87. The van der Waals surface area contributed by atoms with Gasteiger partial charge in [-0.3, -0.25) is 0 Å². The van der Waals surface area contributed by atoms with Crippen LogP contribution in [0.2, 0.25) is 0 Å². The first kappa shape index (κ1) is 14.1. The third kappa shape index (κ3) is 3.58. The average molecular weight is 276 g/mol. The van der Waals surface area contributed by atoms with Gasteiger partial charge in [-0.2, -0.15) is 0 Å². The summed E-state index contributed by atoms with van der Waals surface area (Å²) in [6, 6.07) is 8.74. The van der Waals surface area contributed by atoms with E-state index in [2.05, 4.69) is 46.0 Å². The molecule has 2 aromatic rings. The fourth-order valence-corrected chi connectivity index (χ4v) is 2.84. The van der Waals surface area contributed by atoms with Crippen molar-refractivity contribution in [1.29, 1.82) is 0 Å². The second-order valence-electron chi connectivity index (χ2n) is 4.43. The van der Waals surface area contributed by atoms with E-state index in [4.69, 9.17) is 5.73 Å². The van der Waals surface area contributed by atoms with E-state index in [1.54, 1.807) is 11.8 Å². The number of thioether (sulfide) groups is 1. The molecule has 0 atom stereocenters. The Morgan fingerprint density at radius 1 is 1.16 bits per heavy atom. The Hall–Kier alpha value is -1.33. The maximum absolute atomic E-state index is 5.61. The summed E-state index contributed by atoms with van der Waals surface area (Å²) in [5, 5.41) is 9.26. The predicted molar refractivity (Wildman–Crippen MR) is 79.2 cm³/mol. The molecule has 0 fully saturated rings. The van der Waals surface area contributed by atoms with Gasteiger partial charge in [-0.25, -0.2) is 0 Å². The molecule has 0 aliphatic rings. The van der Waals surface area contributed by atoms with Gasteiger partial charge in [0.2, 0.25) is 0 Å². The first-order chi connectivity index (χ1) is 9.24. The molecule has 2 rings (SSSR count). The molecule has 4 nitrogen and oxygen atoms in total. The molecule has 5 heteroatoms. The van der Waals surface area contributed by atoms with Crippen LogP contribution in [0.3, 0.4) is 0 Å². The van der Waals surface area contributed by atoms with Crippen LogP contribution in [0.15, 0.2) is 29.4 Å². The zero-order valence-electron chi connectivity index (χ0n) is 11.5. The van der Waals surface area contributed by atoms with Gasteiger partial charge in [0.15, 0.2) is 5.16 Å². The number of nitrogens with two attached hydrogens (primary N) is 1. The predicted octanol–water partition coefficient (Wildman–Crippen LogP) is 2.40. The first-order valence-corrected chi connectivity index (χ1v) is 7.53. The zero-order valence-corrected chi connectivity index (χ0v) is 12.3. The summed E-state index contributed by atoms with van der Waals surface area (Å²) >= 11 is 1.71. The molecule has 0 saturated carbocycles. The van der Waals surface area contributed by atoms with E-state index in [0.717, 1.165) is 29.7 Å². The number of aromatic nitrogens is 3. The minimum absolute atomic E-state index is 0.609. The van der Waals surface area contributed by atoms with Crippen LogP contribution >= 0.6 is 11.8 Å². The second kappa shape index (κ2) is 6.73. The minimum Gasteiger partial charge on any atom is -0.329 e. The summed E-state index contributed by atoms with van der Waals surface area (Å²) in [5.41, 5.74) is 8.29. The standard InChI is InChI=1S/C14H20N4S/c1-3-12-4-6-13(7-5-12)10-19-14-17-16-11(2)18(14)9-8-15/h4-7H,3,8-10,15H2,1-2H3. The van der Waals surface area contributed by atoms with Gasteiger partial charge in [-0.1, -0.05) is 43.0 Å². The Balaban J connectivity index is 2.01. The second-order valence-corrected chi connectivity index (χ2v) is 5.37. The van der Waals surface area contributed by atoms with E-state index in [-0.39, 0.29) is 0 Å². The molecule has 1 aromatic heterocycles. The van der Waals surface area contributed by atoms with Crippen molar-refractivity contribution in [2.45, 2.75) is 37.7 Å². The van der Waals surface area contributed by atoms with Gasteiger partial charge < -0.3 is 10.3 Å². The first-order valence-electron chi connectivity index (χ1n) is 6.55. The Morgan fingerprint density at radius 2 is 1.84 bits per heavy atom.